The highest BCUT2D eigenvalue weighted by molar-refractivity contribution is 5.80. The Morgan fingerprint density at radius 1 is 1.32 bits per heavy atom. The van der Waals surface area contributed by atoms with Crippen LogP contribution in [-0.2, 0) is 17.8 Å². The van der Waals surface area contributed by atoms with Crippen molar-refractivity contribution < 1.29 is 9.53 Å². The Labute approximate surface area is 146 Å². The Balaban J connectivity index is 1.50. The number of aryl methyl sites for hydroxylation is 1. The topological polar surface area (TPSA) is 64.4 Å². The van der Waals surface area contributed by atoms with E-state index in [4.69, 9.17) is 4.74 Å². The van der Waals surface area contributed by atoms with Crippen LogP contribution in [0, 0.1) is 5.92 Å². The van der Waals surface area contributed by atoms with E-state index >= 15 is 0 Å². The molecule has 1 aromatic heterocycles. The zero-order valence-electron chi connectivity index (χ0n) is 14.5. The second kappa shape index (κ2) is 6.50. The molecule has 6 heteroatoms. The van der Waals surface area contributed by atoms with E-state index in [1.807, 2.05) is 4.90 Å². The van der Waals surface area contributed by atoms with Crippen molar-refractivity contribution in [1.29, 1.82) is 0 Å². The van der Waals surface area contributed by atoms with E-state index in [-0.39, 0.29) is 18.1 Å². The van der Waals surface area contributed by atoms with Crippen molar-refractivity contribution in [2.45, 2.75) is 39.2 Å². The molecule has 132 valence electrons. The highest BCUT2D eigenvalue weighted by Gasteiger charge is 2.21. The van der Waals surface area contributed by atoms with E-state index in [2.05, 4.69) is 11.9 Å². The molecule has 4 rings (SSSR count). The van der Waals surface area contributed by atoms with Crippen LogP contribution in [0.25, 0.3) is 10.9 Å². The van der Waals surface area contributed by atoms with Crippen molar-refractivity contribution >= 4 is 16.8 Å². The first kappa shape index (κ1) is 16.1. The van der Waals surface area contributed by atoms with E-state index in [0.29, 0.717) is 22.6 Å². The maximum absolute atomic E-state index is 12.6. The Kier molecular flexibility index (Phi) is 4.19. The summed E-state index contributed by atoms with van der Waals surface area (Å²) < 4.78 is 7.41. The molecule has 1 fully saturated rings. The van der Waals surface area contributed by atoms with Gasteiger partial charge < -0.3 is 9.64 Å². The number of ether oxygens (including phenoxy) is 1. The summed E-state index contributed by atoms with van der Waals surface area (Å²) in [4.78, 5) is 31.4. The summed E-state index contributed by atoms with van der Waals surface area (Å²) in [5.41, 5.74) is 0.681. The summed E-state index contributed by atoms with van der Waals surface area (Å²) in [5, 5.41) is 0.558. The highest BCUT2D eigenvalue weighted by Crippen LogP contribution is 2.20. The highest BCUT2D eigenvalue weighted by atomic mass is 16.5. The molecule has 3 heterocycles. The minimum absolute atomic E-state index is 0.00967. The average Bonchev–Trinajstić information content (AvgIpc) is 3.09. The minimum atomic E-state index is -0.0147. The van der Waals surface area contributed by atoms with Crippen LogP contribution in [0.2, 0.25) is 0 Å². The zero-order chi connectivity index (χ0) is 17.4. The fraction of sp³-hybridized carbons (Fsp3) is 0.526. The number of likely N-dealkylation sites (tertiary alicyclic amines) is 1. The third kappa shape index (κ3) is 3.13. The molecular formula is C19H23N3O3. The lowest BCUT2D eigenvalue weighted by atomic mass is 10.0. The van der Waals surface area contributed by atoms with Crippen LogP contribution >= 0.6 is 0 Å². The third-order valence-corrected chi connectivity index (χ3v) is 5.16. The van der Waals surface area contributed by atoms with Gasteiger partial charge in [0.1, 0.15) is 11.6 Å². The van der Waals surface area contributed by atoms with Gasteiger partial charge in [0, 0.05) is 26.1 Å². The lowest BCUT2D eigenvalue weighted by molar-refractivity contribution is -0.135. The SMILES string of the molecule is CC1CCCN(C(=O)COc2ccc3nc4n(c(=O)c3c2)CCC4)C1. The number of aromatic nitrogens is 2. The van der Waals surface area contributed by atoms with Crippen LogP contribution in [0.3, 0.4) is 0 Å². The van der Waals surface area contributed by atoms with Crippen molar-refractivity contribution in [2.75, 3.05) is 19.7 Å². The van der Waals surface area contributed by atoms with Gasteiger partial charge in [-0.05, 0) is 43.4 Å². The Morgan fingerprint density at radius 3 is 3.04 bits per heavy atom. The molecule has 6 nitrogen and oxygen atoms in total. The predicted molar refractivity (Wildman–Crippen MR) is 94.8 cm³/mol. The van der Waals surface area contributed by atoms with Crippen molar-refractivity contribution in [3.8, 4) is 5.75 Å². The first-order valence-corrected chi connectivity index (χ1v) is 9.06. The maximum Gasteiger partial charge on any atom is 0.261 e. The molecule has 2 aliphatic heterocycles. The Bertz CT molecular complexity index is 874. The van der Waals surface area contributed by atoms with Crippen LogP contribution < -0.4 is 10.3 Å². The summed E-state index contributed by atoms with van der Waals surface area (Å²) in [6, 6.07) is 5.30. The molecule has 0 N–H and O–H groups in total. The molecule has 25 heavy (non-hydrogen) atoms. The van der Waals surface area contributed by atoms with E-state index in [1.54, 1.807) is 22.8 Å². The van der Waals surface area contributed by atoms with Crippen LogP contribution in [0.4, 0.5) is 0 Å². The monoisotopic (exact) mass is 341 g/mol. The van der Waals surface area contributed by atoms with Gasteiger partial charge in [-0.3, -0.25) is 14.2 Å². The van der Waals surface area contributed by atoms with E-state index < -0.39 is 0 Å². The molecule has 0 saturated carbocycles. The molecule has 2 aromatic rings. The normalized spacial score (nSPS) is 19.9. The Morgan fingerprint density at radius 2 is 2.20 bits per heavy atom. The van der Waals surface area contributed by atoms with Crippen molar-refractivity contribution in [3.05, 3.63) is 34.4 Å². The summed E-state index contributed by atoms with van der Waals surface area (Å²) in [6.07, 6.45) is 4.05. The number of benzene rings is 1. The lowest BCUT2D eigenvalue weighted by Crippen LogP contribution is -2.41. The largest absolute Gasteiger partial charge is 0.484 e. The average molecular weight is 341 g/mol. The predicted octanol–water partition coefficient (Wildman–Crippen LogP) is 1.98. The molecule has 1 atom stereocenters. The van der Waals surface area contributed by atoms with Gasteiger partial charge in [-0.1, -0.05) is 6.92 Å². The molecule has 0 aliphatic carbocycles. The quantitative estimate of drug-likeness (QED) is 0.856. The molecule has 0 spiro atoms. The summed E-state index contributed by atoms with van der Waals surface area (Å²) >= 11 is 0. The van der Waals surface area contributed by atoms with E-state index in [0.717, 1.165) is 44.7 Å². The number of hydrogen-bond donors (Lipinski definition) is 0. The second-order valence-electron chi connectivity index (χ2n) is 7.14. The van der Waals surface area contributed by atoms with E-state index in [9.17, 15) is 9.59 Å². The van der Waals surface area contributed by atoms with Crippen molar-refractivity contribution in [2.24, 2.45) is 5.92 Å². The van der Waals surface area contributed by atoms with Gasteiger partial charge in [-0.2, -0.15) is 0 Å². The Hall–Kier alpha value is -2.37. The van der Waals surface area contributed by atoms with Gasteiger partial charge in [0.05, 0.1) is 10.9 Å². The number of hydrogen-bond acceptors (Lipinski definition) is 4. The van der Waals surface area contributed by atoms with E-state index in [1.165, 1.54) is 6.42 Å². The van der Waals surface area contributed by atoms with Crippen molar-refractivity contribution in [1.82, 2.24) is 14.5 Å². The van der Waals surface area contributed by atoms with Gasteiger partial charge in [-0.15, -0.1) is 0 Å². The van der Waals surface area contributed by atoms with Crippen LogP contribution in [0.5, 0.6) is 5.75 Å². The first-order valence-electron chi connectivity index (χ1n) is 9.06. The molecule has 0 radical (unpaired) electrons. The molecule has 1 aromatic carbocycles. The van der Waals surface area contributed by atoms with Crippen LogP contribution in [0.1, 0.15) is 32.0 Å². The molecule has 1 unspecified atom stereocenters. The summed E-state index contributed by atoms with van der Waals surface area (Å²) in [7, 11) is 0. The zero-order valence-corrected chi connectivity index (χ0v) is 14.5. The maximum atomic E-state index is 12.6. The van der Waals surface area contributed by atoms with Gasteiger partial charge in [0.25, 0.3) is 11.5 Å². The smallest absolute Gasteiger partial charge is 0.261 e. The molecule has 1 amide bonds. The van der Waals surface area contributed by atoms with Crippen molar-refractivity contribution in [3.63, 3.8) is 0 Å². The number of carbonyl (C=O) groups excluding carboxylic acids is 1. The second-order valence-corrected chi connectivity index (χ2v) is 7.14. The number of rotatable bonds is 3. The minimum Gasteiger partial charge on any atom is -0.484 e. The standard InChI is InChI=1S/C19H23N3O3/c1-13-4-2-8-21(11-13)18(23)12-25-14-6-7-16-15(10-14)19(24)22-9-3-5-17(22)20-16/h6-7,10,13H,2-5,8-9,11-12H2,1H3. The lowest BCUT2D eigenvalue weighted by Gasteiger charge is -2.30. The number of nitrogens with zero attached hydrogens (tertiary/aromatic N) is 3. The summed E-state index contributed by atoms with van der Waals surface area (Å²) in [5.74, 6) is 1.96. The number of amides is 1. The fourth-order valence-electron chi connectivity index (χ4n) is 3.80. The first-order chi connectivity index (χ1) is 12.1. The molecular weight excluding hydrogens is 318 g/mol. The number of piperidine rings is 1. The van der Waals surface area contributed by atoms with Crippen LogP contribution in [0.15, 0.2) is 23.0 Å². The summed E-state index contributed by atoms with van der Waals surface area (Å²) in [6.45, 7) is 4.52. The number of fused-ring (bicyclic) bond motifs is 2. The van der Waals surface area contributed by atoms with Gasteiger partial charge >= 0.3 is 0 Å². The molecule has 2 aliphatic rings. The van der Waals surface area contributed by atoms with Crippen LogP contribution in [-0.4, -0.2) is 40.1 Å². The molecule has 0 bridgehead atoms. The molecule has 1 saturated heterocycles. The number of carbonyl (C=O) groups is 1. The third-order valence-electron chi connectivity index (χ3n) is 5.16. The van der Waals surface area contributed by atoms with Gasteiger partial charge in [0.15, 0.2) is 6.61 Å². The fourth-order valence-corrected chi connectivity index (χ4v) is 3.80. The van der Waals surface area contributed by atoms with Gasteiger partial charge in [-0.25, -0.2) is 4.98 Å². The van der Waals surface area contributed by atoms with Gasteiger partial charge in [0.2, 0.25) is 0 Å².